The van der Waals surface area contributed by atoms with Crippen molar-refractivity contribution in [2.75, 3.05) is 24.7 Å². The third-order valence-electron chi connectivity index (χ3n) is 3.44. The van der Waals surface area contributed by atoms with Gasteiger partial charge in [-0.2, -0.15) is 0 Å². The molecular weight excluding hydrogens is 278 g/mol. The summed E-state index contributed by atoms with van der Waals surface area (Å²) in [5.74, 6) is -0.209. The number of pyridine rings is 1. The standard InChI is InChI=1S/C13H19N3O3S/c1-10-7-12(9-14-8-10)15-13(17)11-3-5-16(6-4-11)20(2,18)19/h7-9,11H,3-6H2,1-2H3,(H,15,17). The van der Waals surface area contributed by atoms with Crippen molar-refractivity contribution in [1.82, 2.24) is 9.29 Å². The highest BCUT2D eigenvalue weighted by molar-refractivity contribution is 7.88. The van der Waals surface area contributed by atoms with Crippen LogP contribution in [0.15, 0.2) is 18.5 Å². The molecule has 110 valence electrons. The van der Waals surface area contributed by atoms with Gasteiger partial charge in [0, 0.05) is 25.2 Å². The summed E-state index contributed by atoms with van der Waals surface area (Å²) < 4.78 is 24.2. The SMILES string of the molecule is Cc1cncc(NC(=O)C2CCN(S(C)(=O)=O)CC2)c1. The Morgan fingerprint density at radius 1 is 1.35 bits per heavy atom. The van der Waals surface area contributed by atoms with Crippen LogP contribution in [0.2, 0.25) is 0 Å². The summed E-state index contributed by atoms with van der Waals surface area (Å²) >= 11 is 0. The summed E-state index contributed by atoms with van der Waals surface area (Å²) in [4.78, 5) is 16.2. The third kappa shape index (κ3) is 3.77. The van der Waals surface area contributed by atoms with Crippen LogP contribution in [0.3, 0.4) is 0 Å². The second kappa shape index (κ2) is 5.88. The zero-order valence-corrected chi connectivity index (χ0v) is 12.5. The topological polar surface area (TPSA) is 79.4 Å². The Morgan fingerprint density at radius 3 is 2.55 bits per heavy atom. The van der Waals surface area contributed by atoms with Crippen LogP contribution in [0, 0.1) is 12.8 Å². The maximum atomic E-state index is 12.1. The van der Waals surface area contributed by atoms with E-state index in [-0.39, 0.29) is 11.8 Å². The fourth-order valence-electron chi connectivity index (χ4n) is 2.32. The zero-order valence-electron chi connectivity index (χ0n) is 11.7. The minimum Gasteiger partial charge on any atom is -0.324 e. The van der Waals surface area contributed by atoms with Gasteiger partial charge in [-0.15, -0.1) is 0 Å². The lowest BCUT2D eigenvalue weighted by Gasteiger charge is -2.29. The van der Waals surface area contributed by atoms with Crippen molar-refractivity contribution in [3.05, 3.63) is 24.0 Å². The van der Waals surface area contributed by atoms with E-state index in [0.29, 0.717) is 31.6 Å². The molecule has 7 heteroatoms. The van der Waals surface area contributed by atoms with Gasteiger partial charge in [0.2, 0.25) is 15.9 Å². The van der Waals surface area contributed by atoms with E-state index in [2.05, 4.69) is 10.3 Å². The number of amides is 1. The van der Waals surface area contributed by atoms with Gasteiger partial charge in [-0.1, -0.05) is 0 Å². The molecule has 2 rings (SSSR count). The van der Waals surface area contributed by atoms with Gasteiger partial charge in [-0.3, -0.25) is 9.78 Å². The highest BCUT2D eigenvalue weighted by Gasteiger charge is 2.28. The first kappa shape index (κ1) is 14.9. The first-order valence-electron chi connectivity index (χ1n) is 6.54. The molecule has 1 aromatic heterocycles. The number of hydrogen-bond acceptors (Lipinski definition) is 4. The van der Waals surface area contributed by atoms with Crippen LogP contribution in [0.1, 0.15) is 18.4 Å². The summed E-state index contributed by atoms with van der Waals surface area (Å²) in [5, 5.41) is 2.84. The molecule has 1 amide bonds. The molecule has 0 atom stereocenters. The van der Waals surface area contributed by atoms with Gasteiger partial charge in [0.05, 0.1) is 18.1 Å². The lowest BCUT2D eigenvalue weighted by Crippen LogP contribution is -2.40. The average Bonchev–Trinajstić information content (AvgIpc) is 2.38. The van der Waals surface area contributed by atoms with Crippen LogP contribution in [-0.4, -0.2) is 43.0 Å². The van der Waals surface area contributed by atoms with Gasteiger partial charge >= 0.3 is 0 Å². The molecular formula is C13H19N3O3S. The molecule has 0 aliphatic carbocycles. The van der Waals surface area contributed by atoms with Gasteiger partial charge in [0.15, 0.2) is 0 Å². The highest BCUT2D eigenvalue weighted by Crippen LogP contribution is 2.21. The van der Waals surface area contributed by atoms with Crippen molar-refractivity contribution in [3.8, 4) is 0 Å². The van der Waals surface area contributed by atoms with E-state index in [1.807, 2.05) is 13.0 Å². The van der Waals surface area contributed by atoms with E-state index in [4.69, 9.17) is 0 Å². The Labute approximate surface area is 119 Å². The summed E-state index contributed by atoms with van der Waals surface area (Å²) in [6.07, 6.45) is 5.64. The Bertz CT molecular complexity index is 593. The largest absolute Gasteiger partial charge is 0.324 e. The van der Waals surface area contributed by atoms with Crippen LogP contribution < -0.4 is 5.32 Å². The van der Waals surface area contributed by atoms with E-state index in [1.165, 1.54) is 10.6 Å². The normalized spacial score (nSPS) is 17.9. The van der Waals surface area contributed by atoms with Crippen LogP contribution in [0.5, 0.6) is 0 Å². The fraction of sp³-hybridized carbons (Fsp3) is 0.538. The predicted molar refractivity (Wildman–Crippen MR) is 76.7 cm³/mol. The molecule has 1 fully saturated rings. The van der Waals surface area contributed by atoms with Crippen molar-refractivity contribution in [1.29, 1.82) is 0 Å². The van der Waals surface area contributed by atoms with Gasteiger partial charge in [-0.05, 0) is 31.4 Å². The van der Waals surface area contributed by atoms with Crippen molar-refractivity contribution in [2.45, 2.75) is 19.8 Å². The number of anilines is 1. The van der Waals surface area contributed by atoms with Gasteiger partial charge < -0.3 is 5.32 Å². The summed E-state index contributed by atoms with van der Waals surface area (Å²) in [6.45, 7) is 2.72. The van der Waals surface area contributed by atoms with E-state index < -0.39 is 10.0 Å². The zero-order chi connectivity index (χ0) is 14.8. The minimum absolute atomic E-state index is 0.0643. The molecule has 0 saturated carbocycles. The maximum absolute atomic E-state index is 12.1. The fourth-order valence-corrected chi connectivity index (χ4v) is 3.19. The summed E-state index contributed by atoms with van der Waals surface area (Å²) in [6, 6.07) is 1.86. The van der Waals surface area contributed by atoms with Crippen LogP contribution in [-0.2, 0) is 14.8 Å². The third-order valence-corrected chi connectivity index (χ3v) is 4.74. The maximum Gasteiger partial charge on any atom is 0.227 e. The minimum atomic E-state index is -3.15. The number of nitrogens with one attached hydrogen (secondary N) is 1. The molecule has 1 saturated heterocycles. The predicted octanol–water partition coefficient (Wildman–Crippen LogP) is 1.00. The second-order valence-electron chi connectivity index (χ2n) is 5.18. The number of rotatable bonds is 3. The Morgan fingerprint density at radius 2 is 2.00 bits per heavy atom. The number of nitrogens with zero attached hydrogens (tertiary/aromatic N) is 2. The molecule has 1 aliphatic heterocycles. The smallest absolute Gasteiger partial charge is 0.227 e. The quantitative estimate of drug-likeness (QED) is 0.902. The average molecular weight is 297 g/mol. The summed E-state index contributed by atoms with van der Waals surface area (Å²) in [7, 11) is -3.15. The second-order valence-corrected chi connectivity index (χ2v) is 7.16. The van der Waals surface area contributed by atoms with Crippen LogP contribution in [0.4, 0.5) is 5.69 Å². The van der Waals surface area contributed by atoms with Gasteiger partial charge in [0.1, 0.15) is 0 Å². The van der Waals surface area contributed by atoms with E-state index >= 15 is 0 Å². The molecule has 1 aromatic rings. The van der Waals surface area contributed by atoms with Crippen molar-refractivity contribution >= 4 is 21.6 Å². The number of carbonyl (C=O) groups is 1. The van der Waals surface area contributed by atoms with Crippen molar-refractivity contribution in [2.24, 2.45) is 5.92 Å². The van der Waals surface area contributed by atoms with Crippen LogP contribution >= 0.6 is 0 Å². The lowest BCUT2D eigenvalue weighted by molar-refractivity contribution is -0.120. The van der Waals surface area contributed by atoms with Crippen molar-refractivity contribution < 1.29 is 13.2 Å². The Kier molecular flexibility index (Phi) is 4.39. The Balaban J connectivity index is 1.92. The number of aromatic nitrogens is 1. The molecule has 0 bridgehead atoms. The molecule has 6 nitrogen and oxygen atoms in total. The first-order chi connectivity index (χ1) is 9.36. The lowest BCUT2D eigenvalue weighted by atomic mass is 9.97. The van der Waals surface area contributed by atoms with Crippen LogP contribution in [0.25, 0.3) is 0 Å². The van der Waals surface area contributed by atoms with Gasteiger partial charge in [-0.25, -0.2) is 12.7 Å². The van der Waals surface area contributed by atoms with E-state index in [0.717, 1.165) is 5.56 Å². The molecule has 0 unspecified atom stereocenters. The molecule has 2 heterocycles. The number of carbonyl (C=O) groups excluding carboxylic acids is 1. The van der Waals surface area contributed by atoms with E-state index in [1.54, 1.807) is 12.4 Å². The molecule has 1 N–H and O–H groups in total. The number of piperidine rings is 1. The molecule has 0 radical (unpaired) electrons. The number of sulfonamides is 1. The molecule has 0 spiro atoms. The monoisotopic (exact) mass is 297 g/mol. The Hall–Kier alpha value is -1.47. The molecule has 20 heavy (non-hydrogen) atoms. The van der Waals surface area contributed by atoms with Gasteiger partial charge in [0.25, 0.3) is 0 Å². The first-order valence-corrected chi connectivity index (χ1v) is 8.39. The summed E-state index contributed by atoms with van der Waals surface area (Å²) in [5.41, 5.74) is 1.66. The van der Waals surface area contributed by atoms with Crippen molar-refractivity contribution in [3.63, 3.8) is 0 Å². The highest BCUT2D eigenvalue weighted by atomic mass is 32.2. The van der Waals surface area contributed by atoms with E-state index in [9.17, 15) is 13.2 Å². The number of aryl methyl sites for hydroxylation is 1. The molecule has 0 aromatic carbocycles. The number of hydrogen-bond donors (Lipinski definition) is 1. The molecule has 1 aliphatic rings.